The second-order valence-corrected chi connectivity index (χ2v) is 11.7. The topological polar surface area (TPSA) is 155 Å². The second-order valence-electron chi connectivity index (χ2n) is 11.3. The van der Waals surface area contributed by atoms with Gasteiger partial charge in [0.25, 0.3) is 0 Å². The third-order valence-electron chi connectivity index (χ3n) is 7.08. The lowest BCUT2D eigenvalue weighted by Crippen LogP contribution is -2.51. The molecule has 0 radical (unpaired) electrons. The normalized spacial score (nSPS) is 16.4. The standard InChI is InChI=1S/C29H30ClN9O/c1-28(2,3)16-35-25-18(13-32)14-34-24-17(12-31)10-19(11-21(24)25)36-26(20-6-4-5-7-22(20)30)23-15-39(38-37-23)29(8-9-29)27(33)40/h4-7,10-11,14-15,26,36-38H,8-9,16H2,1-3H3,(H2,33,40)(H,34,35)/t26-/m0/s1. The molecule has 6 N–H and O–H groups in total. The molecular formula is C29H30ClN9O. The third kappa shape index (κ3) is 5.07. The predicted molar refractivity (Wildman–Crippen MR) is 154 cm³/mol. The van der Waals surface area contributed by atoms with E-state index in [1.807, 2.05) is 30.5 Å². The predicted octanol–water partition coefficient (Wildman–Crippen LogP) is 4.43. The SMILES string of the molecule is CC(C)(C)CNc1c(C#N)cnc2c(C#N)cc(N[C@H](C3=CN(C4(C(N)=O)CC4)NN3)c3ccccc3Cl)cc12. The van der Waals surface area contributed by atoms with Gasteiger partial charge in [-0.25, -0.2) is 0 Å². The first-order valence-corrected chi connectivity index (χ1v) is 13.3. The molecule has 0 spiro atoms. The van der Waals surface area contributed by atoms with Crippen LogP contribution in [0.15, 0.2) is 54.5 Å². The van der Waals surface area contributed by atoms with Gasteiger partial charge in [-0.3, -0.25) is 14.8 Å². The summed E-state index contributed by atoms with van der Waals surface area (Å²) in [5, 5.41) is 29.7. The Morgan fingerprint density at radius 2 is 1.95 bits per heavy atom. The Balaban J connectivity index is 1.60. The van der Waals surface area contributed by atoms with Gasteiger partial charge in [0.2, 0.25) is 5.91 Å². The van der Waals surface area contributed by atoms with Crippen molar-refractivity contribution in [2.75, 3.05) is 17.2 Å². The first-order chi connectivity index (χ1) is 19.1. The summed E-state index contributed by atoms with van der Waals surface area (Å²) in [5.41, 5.74) is 15.1. The zero-order chi connectivity index (χ0) is 28.7. The van der Waals surface area contributed by atoms with E-state index in [-0.39, 0.29) is 5.41 Å². The van der Waals surface area contributed by atoms with Crippen molar-refractivity contribution in [3.8, 4) is 12.1 Å². The molecule has 1 aliphatic carbocycles. The van der Waals surface area contributed by atoms with E-state index in [0.29, 0.717) is 63.5 Å². The summed E-state index contributed by atoms with van der Waals surface area (Å²) >= 11 is 6.64. The van der Waals surface area contributed by atoms with Crippen LogP contribution in [0.25, 0.3) is 10.9 Å². The maximum atomic E-state index is 12.1. The number of hydrogen-bond acceptors (Lipinski definition) is 9. The third-order valence-corrected chi connectivity index (χ3v) is 7.42. The number of benzene rings is 2. The fraction of sp³-hybridized carbons (Fsp3) is 0.310. The molecular weight excluding hydrogens is 526 g/mol. The van der Waals surface area contributed by atoms with Gasteiger partial charge >= 0.3 is 0 Å². The molecule has 1 atom stereocenters. The Bertz CT molecular complexity index is 1610. The Hall–Kier alpha value is -4.51. The van der Waals surface area contributed by atoms with Crippen LogP contribution in [-0.4, -0.2) is 28.0 Å². The molecule has 0 unspecified atom stereocenters. The van der Waals surface area contributed by atoms with Crippen LogP contribution in [0.4, 0.5) is 11.4 Å². The van der Waals surface area contributed by atoms with Gasteiger partial charge in [0, 0.05) is 35.0 Å². The van der Waals surface area contributed by atoms with E-state index >= 15 is 0 Å². The van der Waals surface area contributed by atoms with E-state index in [9.17, 15) is 15.3 Å². The largest absolute Gasteiger partial charge is 0.383 e. The number of nitrogens with two attached hydrogens (primary N) is 1. The van der Waals surface area contributed by atoms with E-state index in [4.69, 9.17) is 17.3 Å². The number of fused-ring (bicyclic) bond motifs is 1. The quantitative estimate of drug-likeness (QED) is 0.271. The molecule has 2 aromatic carbocycles. The summed E-state index contributed by atoms with van der Waals surface area (Å²) < 4.78 is 0. The molecule has 1 fully saturated rings. The summed E-state index contributed by atoms with van der Waals surface area (Å²) in [6, 6.07) is 15.0. The molecule has 5 rings (SSSR count). The van der Waals surface area contributed by atoms with Crippen LogP contribution in [0, 0.1) is 28.1 Å². The number of nitrogens with zero attached hydrogens (tertiary/aromatic N) is 4. The van der Waals surface area contributed by atoms with Crippen molar-refractivity contribution in [3.05, 3.63) is 76.2 Å². The zero-order valence-electron chi connectivity index (χ0n) is 22.5. The lowest BCUT2D eigenvalue weighted by Gasteiger charge is -2.24. The van der Waals surface area contributed by atoms with Crippen molar-refractivity contribution >= 4 is 39.8 Å². The summed E-state index contributed by atoms with van der Waals surface area (Å²) in [7, 11) is 0. The van der Waals surface area contributed by atoms with Crippen LogP contribution in [-0.2, 0) is 4.79 Å². The number of anilines is 2. The number of nitriles is 2. The molecule has 2 aliphatic rings. The Morgan fingerprint density at radius 1 is 1.23 bits per heavy atom. The zero-order valence-corrected chi connectivity index (χ0v) is 23.2. The Kier molecular flexibility index (Phi) is 6.92. The van der Waals surface area contributed by atoms with Gasteiger partial charge in [0.1, 0.15) is 17.7 Å². The number of aromatic nitrogens is 1. The van der Waals surface area contributed by atoms with Gasteiger partial charge in [-0.2, -0.15) is 10.5 Å². The summed E-state index contributed by atoms with van der Waals surface area (Å²) in [4.78, 5) is 16.6. The lowest BCUT2D eigenvalue weighted by molar-refractivity contribution is -0.124. The highest BCUT2D eigenvalue weighted by atomic mass is 35.5. The second kappa shape index (κ2) is 10.2. The lowest BCUT2D eigenvalue weighted by atomic mass is 9.96. The molecule has 11 heteroatoms. The summed E-state index contributed by atoms with van der Waals surface area (Å²) in [6.45, 7) is 6.91. The molecule has 2 heterocycles. The number of carbonyl (C=O) groups is 1. The van der Waals surface area contributed by atoms with Crippen molar-refractivity contribution in [2.24, 2.45) is 11.1 Å². The summed E-state index contributed by atoms with van der Waals surface area (Å²) in [5.74, 6) is -0.397. The number of primary amides is 1. The molecule has 1 aliphatic heterocycles. The van der Waals surface area contributed by atoms with Gasteiger partial charge in [0.05, 0.1) is 34.1 Å². The number of nitrogens with one attached hydrogen (secondary N) is 4. The van der Waals surface area contributed by atoms with Crippen LogP contribution in [0.1, 0.15) is 56.3 Å². The molecule has 0 saturated heterocycles. The molecule has 3 aromatic rings. The van der Waals surface area contributed by atoms with Crippen molar-refractivity contribution in [3.63, 3.8) is 0 Å². The summed E-state index contributed by atoms with van der Waals surface area (Å²) in [6.07, 6.45) is 4.62. The van der Waals surface area contributed by atoms with Gasteiger partial charge in [-0.05, 0) is 42.0 Å². The van der Waals surface area contributed by atoms with Crippen molar-refractivity contribution in [2.45, 2.75) is 45.2 Å². The maximum absolute atomic E-state index is 12.1. The Morgan fingerprint density at radius 3 is 2.58 bits per heavy atom. The van der Waals surface area contributed by atoms with Crippen LogP contribution in [0.3, 0.4) is 0 Å². The van der Waals surface area contributed by atoms with E-state index in [0.717, 1.165) is 5.56 Å². The van der Waals surface area contributed by atoms with Crippen molar-refractivity contribution in [1.29, 1.82) is 10.5 Å². The molecule has 1 aromatic heterocycles. The van der Waals surface area contributed by atoms with Gasteiger partial charge < -0.3 is 21.8 Å². The molecule has 40 heavy (non-hydrogen) atoms. The highest BCUT2D eigenvalue weighted by molar-refractivity contribution is 6.31. The van der Waals surface area contributed by atoms with Crippen LogP contribution in [0.5, 0.6) is 0 Å². The molecule has 1 saturated carbocycles. The minimum atomic E-state index is -0.774. The average molecular weight is 556 g/mol. The number of carbonyl (C=O) groups excluding carboxylic acids is 1. The highest BCUT2D eigenvalue weighted by Gasteiger charge is 2.54. The minimum Gasteiger partial charge on any atom is -0.383 e. The molecule has 204 valence electrons. The van der Waals surface area contributed by atoms with Gasteiger partial charge in [0.15, 0.2) is 0 Å². The van der Waals surface area contributed by atoms with E-state index in [1.54, 1.807) is 17.1 Å². The average Bonchev–Trinajstić information content (AvgIpc) is 3.60. The number of rotatable bonds is 8. The fourth-order valence-electron chi connectivity index (χ4n) is 4.73. The number of hydrazine groups is 2. The van der Waals surface area contributed by atoms with Crippen molar-refractivity contribution < 1.29 is 4.79 Å². The van der Waals surface area contributed by atoms with Crippen LogP contribution < -0.4 is 27.3 Å². The first kappa shape index (κ1) is 27.1. The minimum absolute atomic E-state index is 0.0469. The molecule has 1 amide bonds. The number of hydrogen-bond donors (Lipinski definition) is 5. The number of amides is 1. The highest BCUT2D eigenvalue weighted by Crippen LogP contribution is 2.43. The smallest absolute Gasteiger partial charge is 0.244 e. The fourth-order valence-corrected chi connectivity index (χ4v) is 4.97. The Labute approximate surface area is 237 Å². The number of pyridine rings is 1. The van der Waals surface area contributed by atoms with Gasteiger partial charge in [-0.15, -0.1) is 5.53 Å². The molecule has 0 bridgehead atoms. The maximum Gasteiger partial charge on any atom is 0.244 e. The first-order valence-electron chi connectivity index (χ1n) is 12.9. The van der Waals surface area contributed by atoms with Gasteiger partial charge in [-0.1, -0.05) is 50.6 Å². The van der Waals surface area contributed by atoms with E-state index in [1.165, 1.54) is 6.20 Å². The monoisotopic (exact) mass is 555 g/mol. The van der Waals surface area contributed by atoms with Crippen LogP contribution in [0.2, 0.25) is 5.02 Å². The van der Waals surface area contributed by atoms with Crippen LogP contribution >= 0.6 is 11.6 Å². The van der Waals surface area contributed by atoms with E-state index < -0.39 is 17.5 Å². The molecule has 10 nitrogen and oxygen atoms in total. The number of halogens is 1. The van der Waals surface area contributed by atoms with Crippen molar-refractivity contribution in [1.82, 2.24) is 21.0 Å². The van der Waals surface area contributed by atoms with E-state index in [2.05, 4.69) is 59.5 Å².